The molecule has 1 aromatic rings. The number of likely N-dealkylation sites (tertiary alicyclic amines) is 1. The minimum atomic E-state index is -0.911. The zero-order valence-corrected chi connectivity index (χ0v) is 14.2. The Hall–Kier alpha value is -1.55. The Morgan fingerprint density at radius 1 is 1.27 bits per heavy atom. The summed E-state index contributed by atoms with van der Waals surface area (Å²) in [5.74, 6) is 0.508. The standard InChI is InChI=1S/C18H28N2O2/c1-14-10-16(19-17(21)22)13-20(11-14,18(2,3)4)12-15-8-6-5-7-9-15/h5-9,14,16,19H,10-13H2,1-4H3/p+1/t14-,16-,20?/m1/s1. The van der Waals surface area contributed by atoms with E-state index in [1.54, 1.807) is 0 Å². The molecule has 1 amide bonds. The van der Waals surface area contributed by atoms with Crippen molar-refractivity contribution in [1.82, 2.24) is 5.32 Å². The molecule has 0 radical (unpaired) electrons. The maximum Gasteiger partial charge on any atom is 0.405 e. The van der Waals surface area contributed by atoms with Gasteiger partial charge in [0.2, 0.25) is 0 Å². The van der Waals surface area contributed by atoms with Gasteiger partial charge in [0.25, 0.3) is 0 Å². The van der Waals surface area contributed by atoms with Gasteiger partial charge in [-0.3, -0.25) is 0 Å². The van der Waals surface area contributed by atoms with E-state index < -0.39 is 6.09 Å². The molecule has 122 valence electrons. The van der Waals surface area contributed by atoms with Crippen LogP contribution in [0.2, 0.25) is 0 Å². The number of nitrogens with one attached hydrogen (secondary N) is 1. The van der Waals surface area contributed by atoms with Crippen LogP contribution >= 0.6 is 0 Å². The van der Waals surface area contributed by atoms with Gasteiger partial charge in [-0.05, 0) is 27.2 Å². The van der Waals surface area contributed by atoms with Gasteiger partial charge in [-0.1, -0.05) is 37.3 Å². The highest BCUT2D eigenvalue weighted by molar-refractivity contribution is 5.64. The van der Waals surface area contributed by atoms with Crippen molar-refractivity contribution >= 4 is 6.09 Å². The van der Waals surface area contributed by atoms with E-state index in [1.165, 1.54) is 5.56 Å². The summed E-state index contributed by atoms with van der Waals surface area (Å²) in [6.45, 7) is 11.9. The Morgan fingerprint density at radius 2 is 1.91 bits per heavy atom. The first-order valence-electron chi connectivity index (χ1n) is 8.11. The molecule has 0 spiro atoms. The quantitative estimate of drug-likeness (QED) is 0.840. The number of hydrogen-bond donors (Lipinski definition) is 2. The number of amides is 1. The van der Waals surface area contributed by atoms with Crippen molar-refractivity contribution < 1.29 is 14.4 Å². The van der Waals surface area contributed by atoms with Crippen LogP contribution in [0.25, 0.3) is 0 Å². The number of carbonyl (C=O) groups is 1. The Balaban J connectivity index is 2.30. The second-order valence-electron chi connectivity index (χ2n) is 7.81. The normalized spacial score (nSPS) is 29.1. The number of quaternary nitrogens is 1. The third kappa shape index (κ3) is 3.80. The van der Waals surface area contributed by atoms with Gasteiger partial charge in [0.05, 0.1) is 24.7 Å². The van der Waals surface area contributed by atoms with Crippen LogP contribution in [0.3, 0.4) is 0 Å². The Bertz CT molecular complexity index is 510. The van der Waals surface area contributed by atoms with Gasteiger partial charge in [0.1, 0.15) is 6.54 Å². The van der Waals surface area contributed by atoms with Crippen molar-refractivity contribution in [2.45, 2.75) is 52.2 Å². The maximum absolute atomic E-state index is 11.1. The summed E-state index contributed by atoms with van der Waals surface area (Å²) < 4.78 is 0.920. The molecule has 1 saturated heterocycles. The van der Waals surface area contributed by atoms with Gasteiger partial charge in [-0.15, -0.1) is 0 Å². The van der Waals surface area contributed by atoms with E-state index in [9.17, 15) is 4.79 Å². The third-order valence-electron chi connectivity index (χ3n) is 5.00. The van der Waals surface area contributed by atoms with E-state index in [0.29, 0.717) is 5.92 Å². The lowest BCUT2D eigenvalue weighted by molar-refractivity contribution is -0.990. The fourth-order valence-corrected chi connectivity index (χ4v) is 3.85. The second kappa shape index (κ2) is 6.29. The molecule has 0 aliphatic carbocycles. The van der Waals surface area contributed by atoms with E-state index in [0.717, 1.165) is 30.5 Å². The molecule has 1 fully saturated rings. The molecule has 1 aliphatic rings. The molecule has 2 N–H and O–H groups in total. The van der Waals surface area contributed by atoms with Gasteiger partial charge in [-0.25, -0.2) is 4.79 Å². The van der Waals surface area contributed by atoms with Crippen LogP contribution in [0.15, 0.2) is 30.3 Å². The number of nitrogens with zero attached hydrogens (tertiary/aromatic N) is 1. The molecule has 1 heterocycles. The summed E-state index contributed by atoms with van der Waals surface area (Å²) in [4.78, 5) is 11.1. The summed E-state index contributed by atoms with van der Waals surface area (Å²) in [6.07, 6.45) is 0.0165. The SMILES string of the molecule is C[C@@H]1C[C@@H](NC(=O)O)C[N+](Cc2ccccc2)(C(C)(C)C)C1. The lowest BCUT2D eigenvalue weighted by atomic mass is 9.87. The number of hydrogen-bond acceptors (Lipinski definition) is 1. The van der Waals surface area contributed by atoms with Crippen molar-refractivity contribution in [2.24, 2.45) is 5.92 Å². The highest BCUT2D eigenvalue weighted by Gasteiger charge is 2.46. The summed E-state index contributed by atoms with van der Waals surface area (Å²) in [5.41, 5.74) is 1.39. The predicted molar refractivity (Wildman–Crippen MR) is 88.6 cm³/mol. The molecular formula is C18H29N2O2+. The van der Waals surface area contributed by atoms with Gasteiger partial charge in [0, 0.05) is 11.5 Å². The molecule has 0 saturated carbocycles. The molecule has 2 rings (SSSR count). The van der Waals surface area contributed by atoms with Crippen LogP contribution in [-0.4, -0.2) is 40.4 Å². The van der Waals surface area contributed by atoms with E-state index >= 15 is 0 Å². The van der Waals surface area contributed by atoms with Crippen molar-refractivity contribution in [1.29, 1.82) is 0 Å². The smallest absolute Gasteiger partial charge is 0.405 e. The molecule has 3 atom stereocenters. The maximum atomic E-state index is 11.1. The first kappa shape index (κ1) is 16.8. The van der Waals surface area contributed by atoms with Gasteiger partial charge in [0.15, 0.2) is 0 Å². The van der Waals surface area contributed by atoms with Crippen molar-refractivity contribution in [3.05, 3.63) is 35.9 Å². The molecule has 4 heteroatoms. The summed E-state index contributed by atoms with van der Waals surface area (Å²) in [7, 11) is 0. The minimum Gasteiger partial charge on any atom is -0.465 e. The average molecular weight is 305 g/mol. The van der Waals surface area contributed by atoms with E-state index in [4.69, 9.17) is 5.11 Å². The monoisotopic (exact) mass is 305 g/mol. The highest BCUT2D eigenvalue weighted by Crippen LogP contribution is 2.35. The van der Waals surface area contributed by atoms with Crippen molar-refractivity contribution in [2.75, 3.05) is 13.1 Å². The Labute approximate surface area is 133 Å². The lowest BCUT2D eigenvalue weighted by Gasteiger charge is -2.54. The average Bonchev–Trinajstić information content (AvgIpc) is 2.36. The van der Waals surface area contributed by atoms with E-state index in [2.05, 4.69) is 57.3 Å². The third-order valence-corrected chi connectivity index (χ3v) is 5.00. The van der Waals surface area contributed by atoms with Crippen LogP contribution in [0.5, 0.6) is 0 Å². The Morgan fingerprint density at radius 3 is 2.45 bits per heavy atom. The fourth-order valence-electron chi connectivity index (χ4n) is 3.85. The summed E-state index contributed by atoms with van der Waals surface area (Å²) >= 11 is 0. The van der Waals surface area contributed by atoms with E-state index in [1.807, 2.05) is 6.07 Å². The van der Waals surface area contributed by atoms with E-state index in [-0.39, 0.29) is 11.6 Å². The molecule has 4 nitrogen and oxygen atoms in total. The van der Waals surface area contributed by atoms with Crippen molar-refractivity contribution in [3.63, 3.8) is 0 Å². The molecule has 1 unspecified atom stereocenters. The molecular weight excluding hydrogens is 276 g/mol. The first-order chi connectivity index (χ1) is 10.2. The molecule has 0 bridgehead atoms. The van der Waals surface area contributed by atoms with Gasteiger partial charge < -0.3 is 14.9 Å². The largest absolute Gasteiger partial charge is 0.465 e. The molecule has 0 aromatic heterocycles. The number of benzene rings is 1. The molecule has 22 heavy (non-hydrogen) atoms. The predicted octanol–water partition coefficient (Wildman–Crippen LogP) is 3.48. The topological polar surface area (TPSA) is 49.3 Å². The fraction of sp³-hybridized carbons (Fsp3) is 0.611. The summed E-state index contributed by atoms with van der Waals surface area (Å²) in [5, 5.41) is 11.8. The second-order valence-corrected chi connectivity index (χ2v) is 7.81. The Kier molecular flexibility index (Phi) is 4.81. The number of carboxylic acid groups (broad SMARTS) is 1. The van der Waals surface area contributed by atoms with Crippen LogP contribution in [0, 0.1) is 5.92 Å². The first-order valence-corrected chi connectivity index (χ1v) is 8.11. The molecule has 1 aliphatic heterocycles. The zero-order chi connectivity index (χ0) is 16.4. The lowest BCUT2D eigenvalue weighted by Crippen LogP contribution is -2.68. The van der Waals surface area contributed by atoms with Crippen LogP contribution in [0.4, 0.5) is 4.79 Å². The summed E-state index contributed by atoms with van der Waals surface area (Å²) in [6, 6.07) is 10.6. The minimum absolute atomic E-state index is 0.0317. The van der Waals surface area contributed by atoms with Crippen LogP contribution < -0.4 is 5.32 Å². The number of piperidine rings is 1. The van der Waals surface area contributed by atoms with Crippen LogP contribution in [-0.2, 0) is 6.54 Å². The van der Waals surface area contributed by atoms with Gasteiger partial charge in [-0.2, -0.15) is 0 Å². The van der Waals surface area contributed by atoms with Gasteiger partial charge >= 0.3 is 6.09 Å². The number of rotatable bonds is 3. The highest BCUT2D eigenvalue weighted by atomic mass is 16.4. The van der Waals surface area contributed by atoms with Crippen LogP contribution in [0.1, 0.15) is 39.7 Å². The molecule has 1 aromatic carbocycles. The zero-order valence-electron chi connectivity index (χ0n) is 14.2. The van der Waals surface area contributed by atoms with Crippen molar-refractivity contribution in [3.8, 4) is 0 Å².